The molecule has 24 heavy (non-hydrogen) atoms. The second-order valence-electron chi connectivity index (χ2n) is 7.19. The van der Waals surface area contributed by atoms with E-state index in [0.717, 1.165) is 0 Å². The lowest BCUT2D eigenvalue weighted by atomic mass is 9.90. The van der Waals surface area contributed by atoms with E-state index >= 15 is 0 Å². The Balaban J connectivity index is 1.73. The van der Waals surface area contributed by atoms with E-state index in [0.29, 0.717) is 38.5 Å². The van der Waals surface area contributed by atoms with Crippen molar-refractivity contribution < 1.29 is 19.1 Å². The summed E-state index contributed by atoms with van der Waals surface area (Å²) in [6.07, 6.45) is 7.33. The van der Waals surface area contributed by atoms with Gasteiger partial charge in [-0.25, -0.2) is 0 Å². The van der Waals surface area contributed by atoms with Crippen molar-refractivity contribution in [1.82, 2.24) is 4.90 Å². The van der Waals surface area contributed by atoms with Crippen LogP contribution in [0.3, 0.4) is 0 Å². The molecule has 0 spiro atoms. The molecule has 0 radical (unpaired) electrons. The van der Waals surface area contributed by atoms with E-state index in [-0.39, 0.29) is 23.9 Å². The molecule has 0 aromatic rings. The van der Waals surface area contributed by atoms with Gasteiger partial charge in [0.1, 0.15) is 6.04 Å². The summed E-state index contributed by atoms with van der Waals surface area (Å²) in [6, 6.07) is -0.636. The number of hydrogen-bond donors (Lipinski definition) is 1. The lowest BCUT2D eigenvalue weighted by Crippen LogP contribution is -2.52. The predicted molar refractivity (Wildman–Crippen MR) is 91.3 cm³/mol. The number of carbonyl (C=O) groups is 2. The number of carbonyl (C=O) groups excluding carboxylic acids is 2. The Bertz CT molecular complexity index is 415. The summed E-state index contributed by atoms with van der Waals surface area (Å²) in [6.45, 7) is 3.70. The van der Waals surface area contributed by atoms with Crippen molar-refractivity contribution in [3.05, 3.63) is 0 Å². The monoisotopic (exact) mass is 340 g/mol. The molecule has 2 atom stereocenters. The standard InChI is InChI=1S/C18H32N2O4/c1-13(24-12-14-6-4-3-5-7-14)16(19)17(21)20-10-8-15(9-11-20)18(22)23-2/h13-16H,3-12,19H2,1-2H3/t13-,16+/m1/s1. The fourth-order valence-electron chi connectivity index (χ4n) is 3.66. The highest BCUT2D eigenvalue weighted by Crippen LogP contribution is 2.24. The minimum atomic E-state index is -0.636. The number of methoxy groups -OCH3 is 1. The average molecular weight is 340 g/mol. The third kappa shape index (κ3) is 5.18. The molecular formula is C18H32N2O4. The van der Waals surface area contributed by atoms with Crippen molar-refractivity contribution in [2.24, 2.45) is 17.6 Å². The molecule has 1 amide bonds. The van der Waals surface area contributed by atoms with Crippen LogP contribution in [0.25, 0.3) is 0 Å². The third-order valence-corrected chi connectivity index (χ3v) is 5.45. The zero-order chi connectivity index (χ0) is 17.5. The van der Waals surface area contributed by atoms with E-state index < -0.39 is 6.04 Å². The molecule has 1 aliphatic carbocycles. The van der Waals surface area contributed by atoms with Crippen molar-refractivity contribution >= 4 is 11.9 Å². The highest BCUT2D eigenvalue weighted by molar-refractivity contribution is 5.82. The summed E-state index contributed by atoms with van der Waals surface area (Å²) < 4.78 is 10.7. The molecule has 1 heterocycles. The van der Waals surface area contributed by atoms with Crippen molar-refractivity contribution in [3.63, 3.8) is 0 Å². The smallest absolute Gasteiger partial charge is 0.308 e. The van der Waals surface area contributed by atoms with Crippen molar-refractivity contribution in [3.8, 4) is 0 Å². The summed E-state index contributed by atoms with van der Waals surface area (Å²) in [5.74, 6) is 0.250. The molecule has 138 valence electrons. The number of likely N-dealkylation sites (tertiary alicyclic amines) is 1. The molecular weight excluding hydrogens is 308 g/mol. The Morgan fingerprint density at radius 1 is 1.12 bits per heavy atom. The number of amides is 1. The van der Waals surface area contributed by atoms with Gasteiger partial charge in [-0.05, 0) is 38.5 Å². The van der Waals surface area contributed by atoms with Crippen LogP contribution in [-0.2, 0) is 19.1 Å². The summed E-state index contributed by atoms with van der Waals surface area (Å²) in [5.41, 5.74) is 6.12. The van der Waals surface area contributed by atoms with E-state index in [4.69, 9.17) is 15.2 Å². The number of rotatable bonds is 6. The first-order valence-corrected chi connectivity index (χ1v) is 9.26. The molecule has 6 heteroatoms. The number of ether oxygens (including phenoxy) is 2. The van der Waals surface area contributed by atoms with E-state index in [1.54, 1.807) is 4.90 Å². The van der Waals surface area contributed by atoms with Crippen LogP contribution in [0.5, 0.6) is 0 Å². The predicted octanol–water partition coefficient (Wildman–Crippen LogP) is 1.71. The largest absolute Gasteiger partial charge is 0.469 e. The Morgan fingerprint density at radius 2 is 1.75 bits per heavy atom. The maximum Gasteiger partial charge on any atom is 0.308 e. The zero-order valence-corrected chi connectivity index (χ0v) is 15.0. The van der Waals surface area contributed by atoms with Crippen LogP contribution in [-0.4, -0.2) is 55.7 Å². The summed E-state index contributed by atoms with van der Waals surface area (Å²) in [4.78, 5) is 25.8. The molecule has 0 bridgehead atoms. The van der Waals surface area contributed by atoms with Gasteiger partial charge >= 0.3 is 5.97 Å². The summed E-state index contributed by atoms with van der Waals surface area (Å²) in [5, 5.41) is 0. The minimum Gasteiger partial charge on any atom is -0.469 e. The molecule has 1 aliphatic heterocycles. The minimum absolute atomic E-state index is 0.0746. The number of nitrogens with zero attached hydrogens (tertiary/aromatic N) is 1. The molecule has 6 nitrogen and oxygen atoms in total. The summed E-state index contributed by atoms with van der Waals surface area (Å²) in [7, 11) is 1.40. The van der Waals surface area contributed by atoms with Gasteiger partial charge in [0.2, 0.25) is 5.91 Å². The maximum atomic E-state index is 12.5. The number of esters is 1. The molecule has 0 aromatic heterocycles. The molecule has 0 unspecified atom stereocenters. The van der Waals surface area contributed by atoms with E-state index in [2.05, 4.69) is 0 Å². The van der Waals surface area contributed by atoms with E-state index in [9.17, 15) is 9.59 Å². The number of piperidine rings is 1. The lowest BCUT2D eigenvalue weighted by molar-refractivity contribution is -0.149. The molecule has 1 saturated heterocycles. The van der Waals surface area contributed by atoms with Gasteiger partial charge in [-0.15, -0.1) is 0 Å². The Hall–Kier alpha value is -1.14. The molecule has 1 saturated carbocycles. The van der Waals surface area contributed by atoms with Gasteiger partial charge in [0.05, 0.1) is 19.1 Å². The van der Waals surface area contributed by atoms with Gasteiger partial charge in [0.25, 0.3) is 0 Å². The van der Waals surface area contributed by atoms with Gasteiger partial charge in [-0.2, -0.15) is 0 Å². The molecule has 2 rings (SSSR count). The summed E-state index contributed by atoms with van der Waals surface area (Å²) >= 11 is 0. The van der Waals surface area contributed by atoms with Crippen LogP contribution in [0.15, 0.2) is 0 Å². The highest BCUT2D eigenvalue weighted by atomic mass is 16.5. The third-order valence-electron chi connectivity index (χ3n) is 5.45. The first-order valence-electron chi connectivity index (χ1n) is 9.26. The Kier molecular flexibility index (Phi) is 7.49. The van der Waals surface area contributed by atoms with Crippen molar-refractivity contribution in [2.75, 3.05) is 26.8 Å². The van der Waals surface area contributed by atoms with Crippen LogP contribution < -0.4 is 5.73 Å². The lowest BCUT2D eigenvalue weighted by Gasteiger charge is -2.34. The van der Waals surface area contributed by atoms with Crippen molar-refractivity contribution in [2.45, 2.75) is 64.0 Å². The van der Waals surface area contributed by atoms with Crippen LogP contribution >= 0.6 is 0 Å². The quantitative estimate of drug-likeness (QED) is 0.745. The first-order chi connectivity index (χ1) is 11.5. The van der Waals surface area contributed by atoms with Crippen LogP contribution in [0, 0.1) is 11.8 Å². The van der Waals surface area contributed by atoms with Crippen LogP contribution in [0.1, 0.15) is 51.9 Å². The first kappa shape index (κ1) is 19.2. The fraction of sp³-hybridized carbons (Fsp3) is 0.889. The van der Waals surface area contributed by atoms with Gasteiger partial charge in [0.15, 0.2) is 0 Å². The zero-order valence-electron chi connectivity index (χ0n) is 15.0. The molecule has 2 aliphatic rings. The molecule has 0 aromatic carbocycles. The normalized spacial score (nSPS) is 22.9. The fourth-order valence-corrected chi connectivity index (χ4v) is 3.66. The number of nitrogens with two attached hydrogens (primary N) is 1. The van der Waals surface area contributed by atoms with Crippen LogP contribution in [0.2, 0.25) is 0 Å². The average Bonchev–Trinajstić information content (AvgIpc) is 2.65. The molecule has 2 N–H and O–H groups in total. The SMILES string of the molecule is COC(=O)C1CCN(C(=O)[C@@H](N)[C@@H](C)OCC2CCCCC2)CC1. The number of hydrogen-bond acceptors (Lipinski definition) is 5. The highest BCUT2D eigenvalue weighted by Gasteiger charge is 2.32. The van der Waals surface area contributed by atoms with Gasteiger partial charge in [0, 0.05) is 19.7 Å². The van der Waals surface area contributed by atoms with Crippen LogP contribution in [0.4, 0.5) is 0 Å². The van der Waals surface area contributed by atoms with Gasteiger partial charge in [-0.3, -0.25) is 9.59 Å². The second kappa shape index (κ2) is 9.37. The Morgan fingerprint density at radius 3 is 2.33 bits per heavy atom. The second-order valence-corrected chi connectivity index (χ2v) is 7.19. The van der Waals surface area contributed by atoms with E-state index in [1.807, 2.05) is 6.92 Å². The molecule has 2 fully saturated rings. The van der Waals surface area contributed by atoms with E-state index in [1.165, 1.54) is 39.2 Å². The topological polar surface area (TPSA) is 81.9 Å². The van der Waals surface area contributed by atoms with Gasteiger partial charge in [-0.1, -0.05) is 19.3 Å². The van der Waals surface area contributed by atoms with Crippen molar-refractivity contribution in [1.29, 1.82) is 0 Å². The maximum absolute atomic E-state index is 12.5. The van der Waals surface area contributed by atoms with Gasteiger partial charge < -0.3 is 20.1 Å². The Labute approximate surface area is 145 Å².